The van der Waals surface area contributed by atoms with Crippen molar-refractivity contribution in [3.05, 3.63) is 35.9 Å². The normalized spacial score (nSPS) is 30.9. The molecule has 2 N–H and O–H groups in total. The first kappa shape index (κ1) is 8.28. The van der Waals surface area contributed by atoms with E-state index in [0.29, 0.717) is 12.5 Å². The lowest BCUT2D eigenvalue weighted by Crippen LogP contribution is -2.13. The molecule has 0 unspecified atom stereocenters. The third kappa shape index (κ3) is 1.13. The van der Waals surface area contributed by atoms with Crippen molar-refractivity contribution < 1.29 is 0 Å². The molecule has 0 aliphatic heterocycles. The first-order chi connectivity index (χ1) is 6.33. The standard InChI is InChI=1S/C11H12N2/c12-7-10-6-11(10,8-13)9-4-2-1-3-5-9/h1-5,10H,6-7,12H2/t10-,11+/m0/s1. The summed E-state index contributed by atoms with van der Waals surface area (Å²) in [5, 5.41) is 9.11. The van der Waals surface area contributed by atoms with Crippen LogP contribution in [-0.2, 0) is 5.41 Å². The Morgan fingerprint density at radius 1 is 1.46 bits per heavy atom. The molecule has 0 radical (unpaired) electrons. The number of nitrogens with two attached hydrogens (primary N) is 1. The number of hydrogen-bond acceptors (Lipinski definition) is 2. The molecule has 66 valence electrons. The second-order valence-corrected chi connectivity index (χ2v) is 3.59. The van der Waals surface area contributed by atoms with E-state index < -0.39 is 0 Å². The minimum Gasteiger partial charge on any atom is -0.330 e. The number of nitrogens with zero attached hydrogens (tertiary/aromatic N) is 1. The van der Waals surface area contributed by atoms with Gasteiger partial charge in [0, 0.05) is 0 Å². The maximum Gasteiger partial charge on any atom is 0.0866 e. The Balaban J connectivity index is 2.32. The predicted molar refractivity (Wildman–Crippen MR) is 50.9 cm³/mol. The number of rotatable bonds is 2. The largest absolute Gasteiger partial charge is 0.330 e. The summed E-state index contributed by atoms with van der Waals surface area (Å²) in [5.74, 6) is 0.361. The third-order valence-corrected chi connectivity index (χ3v) is 2.88. The summed E-state index contributed by atoms with van der Waals surface area (Å²) in [5.41, 5.74) is 6.42. The average molecular weight is 172 g/mol. The number of nitriles is 1. The van der Waals surface area contributed by atoms with Crippen molar-refractivity contribution in [2.24, 2.45) is 11.7 Å². The zero-order chi connectivity index (χ0) is 9.31. The van der Waals surface area contributed by atoms with Crippen molar-refractivity contribution in [1.82, 2.24) is 0 Å². The Labute approximate surface area is 78.0 Å². The van der Waals surface area contributed by atoms with Gasteiger partial charge in [-0.15, -0.1) is 0 Å². The molecule has 1 aromatic carbocycles. The molecule has 0 aromatic heterocycles. The summed E-state index contributed by atoms with van der Waals surface area (Å²) >= 11 is 0. The maximum atomic E-state index is 9.11. The van der Waals surface area contributed by atoms with Crippen LogP contribution in [0.4, 0.5) is 0 Å². The Morgan fingerprint density at radius 3 is 2.62 bits per heavy atom. The Morgan fingerprint density at radius 2 is 2.15 bits per heavy atom. The van der Waals surface area contributed by atoms with Gasteiger partial charge in [0.15, 0.2) is 0 Å². The van der Waals surface area contributed by atoms with Crippen LogP contribution < -0.4 is 5.73 Å². The minimum atomic E-state index is -0.268. The molecule has 0 heterocycles. The van der Waals surface area contributed by atoms with Crippen LogP contribution in [0, 0.1) is 17.2 Å². The lowest BCUT2D eigenvalue weighted by Gasteiger charge is -2.07. The molecule has 1 aliphatic carbocycles. The molecule has 1 aromatic rings. The molecule has 13 heavy (non-hydrogen) atoms. The highest BCUT2D eigenvalue weighted by Crippen LogP contribution is 2.52. The monoisotopic (exact) mass is 172 g/mol. The van der Waals surface area contributed by atoms with E-state index in [-0.39, 0.29) is 5.41 Å². The fraction of sp³-hybridized carbons (Fsp3) is 0.364. The SMILES string of the molecule is N#C[C@@]1(c2ccccc2)C[C@H]1CN. The molecule has 0 bridgehead atoms. The molecule has 2 nitrogen and oxygen atoms in total. The average Bonchev–Trinajstić information content (AvgIpc) is 2.94. The molecule has 1 aliphatic rings. The van der Waals surface area contributed by atoms with Crippen LogP contribution in [0.1, 0.15) is 12.0 Å². The molecular formula is C11H12N2. The first-order valence-electron chi connectivity index (χ1n) is 4.50. The summed E-state index contributed by atoms with van der Waals surface area (Å²) in [6.45, 7) is 0.614. The van der Waals surface area contributed by atoms with Gasteiger partial charge in [0.2, 0.25) is 0 Å². The van der Waals surface area contributed by atoms with E-state index in [4.69, 9.17) is 11.0 Å². The molecule has 0 saturated heterocycles. The number of benzene rings is 1. The van der Waals surface area contributed by atoms with Gasteiger partial charge in [-0.2, -0.15) is 5.26 Å². The summed E-state index contributed by atoms with van der Waals surface area (Å²) < 4.78 is 0. The van der Waals surface area contributed by atoms with Gasteiger partial charge in [0.25, 0.3) is 0 Å². The quantitative estimate of drug-likeness (QED) is 0.733. The van der Waals surface area contributed by atoms with Gasteiger partial charge in [-0.1, -0.05) is 30.3 Å². The van der Waals surface area contributed by atoms with Gasteiger partial charge in [0.1, 0.15) is 0 Å². The molecule has 0 amide bonds. The van der Waals surface area contributed by atoms with Crippen LogP contribution in [0.15, 0.2) is 30.3 Å². The van der Waals surface area contributed by atoms with Crippen LogP contribution in [0.3, 0.4) is 0 Å². The van der Waals surface area contributed by atoms with E-state index in [0.717, 1.165) is 12.0 Å². The van der Waals surface area contributed by atoms with Crippen molar-refractivity contribution in [2.75, 3.05) is 6.54 Å². The zero-order valence-electron chi connectivity index (χ0n) is 7.40. The first-order valence-corrected chi connectivity index (χ1v) is 4.50. The van der Waals surface area contributed by atoms with Gasteiger partial charge in [-0.3, -0.25) is 0 Å². The van der Waals surface area contributed by atoms with E-state index in [1.807, 2.05) is 30.3 Å². The fourth-order valence-corrected chi connectivity index (χ4v) is 1.90. The van der Waals surface area contributed by atoms with Crippen molar-refractivity contribution in [3.63, 3.8) is 0 Å². The second-order valence-electron chi connectivity index (χ2n) is 3.59. The van der Waals surface area contributed by atoms with Gasteiger partial charge in [-0.25, -0.2) is 0 Å². The van der Waals surface area contributed by atoms with Gasteiger partial charge >= 0.3 is 0 Å². The highest BCUT2D eigenvalue weighted by Gasteiger charge is 2.55. The second kappa shape index (κ2) is 2.86. The zero-order valence-corrected chi connectivity index (χ0v) is 7.40. The highest BCUT2D eigenvalue weighted by molar-refractivity contribution is 5.41. The van der Waals surface area contributed by atoms with Crippen LogP contribution in [0.5, 0.6) is 0 Å². The van der Waals surface area contributed by atoms with Crippen molar-refractivity contribution in [1.29, 1.82) is 5.26 Å². The fourth-order valence-electron chi connectivity index (χ4n) is 1.90. The van der Waals surface area contributed by atoms with Crippen LogP contribution in [0.2, 0.25) is 0 Å². The van der Waals surface area contributed by atoms with Crippen molar-refractivity contribution in [2.45, 2.75) is 11.8 Å². The minimum absolute atomic E-state index is 0.268. The van der Waals surface area contributed by atoms with Gasteiger partial charge in [0.05, 0.1) is 11.5 Å². The maximum absolute atomic E-state index is 9.11. The van der Waals surface area contributed by atoms with Gasteiger partial charge < -0.3 is 5.73 Å². The Bertz CT molecular complexity index is 339. The van der Waals surface area contributed by atoms with Crippen LogP contribution in [0.25, 0.3) is 0 Å². The molecule has 2 heteroatoms. The molecule has 2 rings (SSSR count). The topological polar surface area (TPSA) is 49.8 Å². The lowest BCUT2D eigenvalue weighted by atomic mass is 9.95. The van der Waals surface area contributed by atoms with E-state index in [1.54, 1.807) is 0 Å². The highest BCUT2D eigenvalue weighted by atomic mass is 14.7. The molecule has 1 saturated carbocycles. The van der Waals surface area contributed by atoms with E-state index in [9.17, 15) is 0 Å². The number of hydrogen-bond donors (Lipinski definition) is 1. The van der Waals surface area contributed by atoms with E-state index in [1.165, 1.54) is 0 Å². The Hall–Kier alpha value is -1.33. The smallest absolute Gasteiger partial charge is 0.0866 e. The molecule has 2 atom stereocenters. The van der Waals surface area contributed by atoms with Gasteiger partial charge in [-0.05, 0) is 24.4 Å². The molecular weight excluding hydrogens is 160 g/mol. The van der Waals surface area contributed by atoms with Crippen molar-refractivity contribution >= 4 is 0 Å². The molecule has 0 spiro atoms. The summed E-state index contributed by atoms with van der Waals surface area (Å²) in [4.78, 5) is 0. The van der Waals surface area contributed by atoms with E-state index >= 15 is 0 Å². The summed E-state index contributed by atoms with van der Waals surface area (Å²) in [6, 6.07) is 12.3. The molecule has 1 fully saturated rings. The lowest BCUT2D eigenvalue weighted by molar-refractivity contribution is 0.733. The summed E-state index contributed by atoms with van der Waals surface area (Å²) in [7, 11) is 0. The summed E-state index contributed by atoms with van der Waals surface area (Å²) in [6.07, 6.45) is 0.921. The van der Waals surface area contributed by atoms with Crippen molar-refractivity contribution in [3.8, 4) is 6.07 Å². The Kier molecular flexibility index (Phi) is 1.82. The van der Waals surface area contributed by atoms with Crippen LogP contribution in [-0.4, -0.2) is 6.54 Å². The van der Waals surface area contributed by atoms with Crippen LogP contribution >= 0.6 is 0 Å². The third-order valence-electron chi connectivity index (χ3n) is 2.88. The van der Waals surface area contributed by atoms with E-state index in [2.05, 4.69) is 6.07 Å². The predicted octanol–water partition coefficient (Wildman–Crippen LogP) is 1.43.